The van der Waals surface area contributed by atoms with Gasteiger partial charge in [0.15, 0.2) is 6.61 Å². The first-order chi connectivity index (χ1) is 13.4. The van der Waals surface area contributed by atoms with Crippen LogP contribution in [0.5, 0.6) is 5.75 Å². The maximum atomic E-state index is 12.9. The molecule has 0 saturated heterocycles. The predicted molar refractivity (Wildman–Crippen MR) is 111 cm³/mol. The Labute approximate surface area is 171 Å². The fraction of sp³-hybridized carbons (Fsp3) is 0.364. The van der Waals surface area contributed by atoms with Gasteiger partial charge in [-0.2, -0.15) is 0 Å². The van der Waals surface area contributed by atoms with Crippen molar-refractivity contribution in [2.45, 2.75) is 39.8 Å². The van der Waals surface area contributed by atoms with E-state index >= 15 is 0 Å². The van der Waals surface area contributed by atoms with Crippen LogP contribution >= 0.6 is 11.6 Å². The highest BCUT2D eigenvalue weighted by atomic mass is 35.5. The van der Waals surface area contributed by atoms with E-state index in [1.165, 1.54) is 4.90 Å². The van der Waals surface area contributed by atoms with Crippen molar-refractivity contribution in [2.24, 2.45) is 0 Å². The lowest BCUT2D eigenvalue weighted by Gasteiger charge is -2.29. The van der Waals surface area contributed by atoms with E-state index in [1.807, 2.05) is 38.1 Å². The van der Waals surface area contributed by atoms with Crippen LogP contribution in [0.1, 0.15) is 31.4 Å². The summed E-state index contributed by atoms with van der Waals surface area (Å²) in [5, 5.41) is 3.29. The molecule has 1 atom stereocenters. The molecule has 0 aliphatic heterocycles. The summed E-state index contributed by atoms with van der Waals surface area (Å²) in [5.41, 5.74) is 2.06. The van der Waals surface area contributed by atoms with Crippen molar-refractivity contribution in [3.63, 3.8) is 0 Å². The zero-order chi connectivity index (χ0) is 20.5. The van der Waals surface area contributed by atoms with Crippen LogP contribution in [0.15, 0.2) is 48.5 Å². The van der Waals surface area contributed by atoms with Crippen molar-refractivity contribution in [1.82, 2.24) is 10.2 Å². The van der Waals surface area contributed by atoms with Gasteiger partial charge in [0.25, 0.3) is 5.91 Å². The summed E-state index contributed by atoms with van der Waals surface area (Å²) in [5.74, 6) is -0.0164. The number of halogens is 1. The fourth-order valence-corrected chi connectivity index (χ4v) is 2.96. The summed E-state index contributed by atoms with van der Waals surface area (Å²) < 4.78 is 5.60. The maximum absolute atomic E-state index is 12.9. The number of nitrogens with one attached hydrogen (secondary N) is 1. The van der Waals surface area contributed by atoms with E-state index < -0.39 is 6.04 Å². The Hall–Kier alpha value is -2.53. The molecule has 2 amide bonds. The van der Waals surface area contributed by atoms with Crippen molar-refractivity contribution < 1.29 is 14.3 Å². The summed E-state index contributed by atoms with van der Waals surface area (Å²) in [6.45, 7) is 6.42. The van der Waals surface area contributed by atoms with Crippen molar-refractivity contribution in [3.8, 4) is 5.75 Å². The molecule has 2 rings (SSSR count). The molecule has 0 radical (unpaired) electrons. The number of rotatable bonds is 9. The zero-order valence-electron chi connectivity index (χ0n) is 16.6. The van der Waals surface area contributed by atoms with E-state index in [0.29, 0.717) is 23.9 Å². The molecule has 1 unspecified atom stereocenters. The molecule has 2 aromatic carbocycles. The Bertz CT molecular complexity index is 810. The molecule has 0 spiro atoms. The second-order valence-electron chi connectivity index (χ2n) is 6.70. The molecule has 0 aliphatic carbocycles. The van der Waals surface area contributed by atoms with Gasteiger partial charge in [-0.05, 0) is 38.0 Å². The number of hydrogen-bond donors (Lipinski definition) is 1. The van der Waals surface area contributed by atoms with Crippen LogP contribution in [-0.4, -0.2) is 35.9 Å². The topological polar surface area (TPSA) is 58.6 Å². The van der Waals surface area contributed by atoms with Crippen LogP contribution in [0.25, 0.3) is 0 Å². The average molecular weight is 403 g/mol. The third-order valence-corrected chi connectivity index (χ3v) is 4.65. The number of ether oxygens (including phenoxy) is 1. The van der Waals surface area contributed by atoms with E-state index in [2.05, 4.69) is 5.32 Å². The average Bonchev–Trinajstić information content (AvgIpc) is 2.69. The molecule has 6 heteroatoms. The summed E-state index contributed by atoms with van der Waals surface area (Å²) in [6, 6.07) is 14.3. The minimum Gasteiger partial charge on any atom is -0.482 e. The number of benzene rings is 2. The maximum Gasteiger partial charge on any atom is 0.261 e. The van der Waals surface area contributed by atoms with Crippen molar-refractivity contribution in [2.75, 3.05) is 13.2 Å². The van der Waals surface area contributed by atoms with E-state index in [-0.39, 0.29) is 18.4 Å². The Morgan fingerprint density at radius 2 is 1.93 bits per heavy atom. The minimum atomic E-state index is -0.616. The molecule has 0 saturated carbocycles. The number of aryl methyl sites for hydroxylation is 1. The van der Waals surface area contributed by atoms with Crippen LogP contribution in [0, 0.1) is 6.92 Å². The van der Waals surface area contributed by atoms with Gasteiger partial charge in [-0.15, -0.1) is 0 Å². The lowest BCUT2D eigenvalue weighted by Crippen LogP contribution is -2.49. The normalized spacial score (nSPS) is 11.6. The Morgan fingerprint density at radius 1 is 1.18 bits per heavy atom. The summed E-state index contributed by atoms with van der Waals surface area (Å²) in [7, 11) is 0. The number of carbonyl (C=O) groups excluding carboxylic acids is 2. The lowest BCUT2D eigenvalue weighted by molar-refractivity contribution is -0.142. The third-order valence-electron chi connectivity index (χ3n) is 4.34. The van der Waals surface area contributed by atoms with Gasteiger partial charge in [0.1, 0.15) is 11.8 Å². The highest BCUT2D eigenvalue weighted by Crippen LogP contribution is 2.23. The van der Waals surface area contributed by atoms with Gasteiger partial charge in [-0.25, -0.2) is 0 Å². The predicted octanol–water partition coefficient (Wildman–Crippen LogP) is 3.97. The molecule has 5 nitrogen and oxygen atoms in total. The van der Waals surface area contributed by atoms with Crippen LogP contribution in [0.2, 0.25) is 5.02 Å². The van der Waals surface area contributed by atoms with Gasteiger partial charge in [0.05, 0.1) is 5.02 Å². The number of para-hydroxylation sites is 1. The largest absolute Gasteiger partial charge is 0.482 e. The quantitative estimate of drug-likeness (QED) is 0.690. The van der Waals surface area contributed by atoms with Gasteiger partial charge >= 0.3 is 0 Å². The first-order valence-electron chi connectivity index (χ1n) is 9.42. The standard InChI is InChI=1S/C22H27ClN2O3/c1-4-12-24-22(27)17(3)25(14-18-9-7-8-16(2)13-18)21(26)15-28-20-11-6-5-10-19(20)23/h5-11,13,17H,4,12,14-15H2,1-3H3,(H,24,27). The molecule has 28 heavy (non-hydrogen) atoms. The van der Waals surface area contributed by atoms with Gasteiger partial charge in [-0.3, -0.25) is 9.59 Å². The van der Waals surface area contributed by atoms with Crippen LogP contribution in [0.3, 0.4) is 0 Å². The van der Waals surface area contributed by atoms with Crippen molar-refractivity contribution in [3.05, 3.63) is 64.7 Å². The van der Waals surface area contributed by atoms with Crippen molar-refractivity contribution in [1.29, 1.82) is 0 Å². The second-order valence-corrected chi connectivity index (χ2v) is 7.10. The Balaban J connectivity index is 2.14. The number of nitrogens with zero attached hydrogens (tertiary/aromatic N) is 1. The minimum absolute atomic E-state index is 0.180. The Morgan fingerprint density at radius 3 is 2.61 bits per heavy atom. The van der Waals surface area contributed by atoms with E-state index in [1.54, 1.807) is 31.2 Å². The summed E-state index contributed by atoms with van der Waals surface area (Å²) in [4.78, 5) is 26.9. The second kappa shape index (κ2) is 10.7. The van der Waals surface area contributed by atoms with Crippen LogP contribution < -0.4 is 10.1 Å². The van der Waals surface area contributed by atoms with Crippen molar-refractivity contribution >= 4 is 23.4 Å². The van der Waals surface area contributed by atoms with E-state index in [0.717, 1.165) is 17.5 Å². The summed E-state index contributed by atoms with van der Waals surface area (Å²) >= 11 is 6.09. The highest BCUT2D eigenvalue weighted by Gasteiger charge is 2.26. The fourth-order valence-electron chi connectivity index (χ4n) is 2.77. The number of carbonyl (C=O) groups is 2. The number of hydrogen-bond acceptors (Lipinski definition) is 3. The van der Waals surface area contributed by atoms with Gasteiger partial charge in [0, 0.05) is 13.1 Å². The smallest absolute Gasteiger partial charge is 0.261 e. The SMILES string of the molecule is CCCNC(=O)C(C)N(Cc1cccc(C)c1)C(=O)COc1ccccc1Cl. The molecular weight excluding hydrogens is 376 g/mol. The highest BCUT2D eigenvalue weighted by molar-refractivity contribution is 6.32. The molecule has 0 bridgehead atoms. The molecule has 2 aromatic rings. The monoisotopic (exact) mass is 402 g/mol. The molecule has 0 aliphatic rings. The van der Waals surface area contributed by atoms with E-state index in [9.17, 15) is 9.59 Å². The number of amides is 2. The van der Waals surface area contributed by atoms with Crippen LogP contribution in [-0.2, 0) is 16.1 Å². The lowest BCUT2D eigenvalue weighted by atomic mass is 10.1. The molecule has 0 aromatic heterocycles. The van der Waals surface area contributed by atoms with Gasteiger partial charge in [0.2, 0.25) is 5.91 Å². The molecule has 150 valence electrons. The third kappa shape index (κ3) is 6.27. The van der Waals surface area contributed by atoms with Gasteiger partial charge < -0.3 is 15.0 Å². The molecule has 0 heterocycles. The first kappa shape index (κ1) is 21.8. The zero-order valence-corrected chi connectivity index (χ0v) is 17.3. The Kier molecular flexibility index (Phi) is 8.33. The molecule has 1 N–H and O–H groups in total. The molecular formula is C22H27ClN2O3. The van der Waals surface area contributed by atoms with E-state index in [4.69, 9.17) is 16.3 Å². The first-order valence-corrected chi connectivity index (χ1v) is 9.80. The summed E-state index contributed by atoms with van der Waals surface area (Å²) in [6.07, 6.45) is 0.833. The molecule has 0 fully saturated rings. The van der Waals surface area contributed by atoms with Crippen LogP contribution in [0.4, 0.5) is 0 Å². The van der Waals surface area contributed by atoms with Gasteiger partial charge in [-0.1, -0.05) is 60.5 Å².